The fourth-order valence-electron chi connectivity index (χ4n) is 11.7. The molecule has 1 spiro atoms. The maximum Gasteiger partial charge on any atom is 0.135 e. The molecule has 2 aliphatic carbocycles. The van der Waals surface area contributed by atoms with Gasteiger partial charge in [0.15, 0.2) is 0 Å². The lowest BCUT2D eigenvalue weighted by Crippen LogP contribution is -2.26. The van der Waals surface area contributed by atoms with Crippen LogP contribution in [0.4, 0.5) is 34.1 Å². The van der Waals surface area contributed by atoms with Crippen molar-refractivity contribution in [2.75, 3.05) is 9.80 Å². The number of furan rings is 1. The number of fused-ring (bicyclic) bond motifs is 18. The molecule has 0 saturated carbocycles. The summed E-state index contributed by atoms with van der Waals surface area (Å²) in [5, 5.41) is 6.25. The van der Waals surface area contributed by atoms with Crippen LogP contribution in [0.2, 0.25) is 0 Å². The molecule has 5 heteroatoms. The van der Waals surface area contributed by atoms with Gasteiger partial charge in [-0.3, -0.25) is 0 Å². The van der Waals surface area contributed by atoms with Crippen molar-refractivity contribution in [1.82, 2.24) is 0 Å². The van der Waals surface area contributed by atoms with Crippen LogP contribution >= 0.6 is 22.7 Å². The Hall–Kier alpha value is -8.22. The van der Waals surface area contributed by atoms with E-state index >= 15 is 0 Å². The number of hydrogen-bond donors (Lipinski definition) is 0. The monoisotopic (exact) mass is 902 g/mol. The van der Waals surface area contributed by atoms with Crippen LogP contribution in [0.1, 0.15) is 22.5 Å². The molecule has 0 aliphatic heterocycles. The fourth-order valence-corrected chi connectivity index (χ4v) is 14.1. The number of thiophene rings is 2. The summed E-state index contributed by atoms with van der Waals surface area (Å²) in [5.74, 6) is 0.977. The molecule has 0 N–H and O–H groups in total. The predicted molar refractivity (Wildman–Crippen MR) is 288 cm³/mol. The van der Waals surface area contributed by atoms with Gasteiger partial charge in [0.2, 0.25) is 0 Å². The number of rotatable bonds is 6. The largest absolute Gasteiger partial charge is 0.459 e. The summed E-state index contributed by atoms with van der Waals surface area (Å²) in [5.41, 5.74) is 15.3. The average Bonchev–Trinajstić information content (AvgIpc) is 4.20. The van der Waals surface area contributed by atoms with Crippen molar-refractivity contribution in [3.8, 4) is 22.3 Å². The van der Waals surface area contributed by atoms with E-state index in [9.17, 15) is 0 Å². The van der Waals surface area contributed by atoms with Gasteiger partial charge in [-0.25, -0.2) is 0 Å². The van der Waals surface area contributed by atoms with Crippen molar-refractivity contribution in [3.05, 3.63) is 253 Å². The number of para-hydroxylation sites is 3. The van der Waals surface area contributed by atoms with Gasteiger partial charge in [-0.1, -0.05) is 152 Å². The van der Waals surface area contributed by atoms with Gasteiger partial charge in [0.1, 0.15) is 16.8 Å². The minimum Gasteiger partial charge on any atom is -0.459 e. The summed E-state index contributed by atoms with van der Waals surface area (Å²) < 4.78 is 12.4. The average molecular weight is 903 g/mol. The first-order chi connectivity index (χ1) is 33.7. The lowest BCUT2D eigenvalue weighted by molar-refractivity contribution is 0.507. The first-order valence-electron chi connectivity index (χ1n) is 23.2. The molecule has 0 bridgehead atoms. The van der Waals surface area contributed by atoms with Gasteiger partial charge in [-0.05, 0) is 112 Å². The third-order valence-electron chi connectivity index (χ3n) is 14.4. The summed E-state index contributed by atoms with van der Waals surface area (Å²) >= 11 is 3.73. The topological polar surface area (TPSA) is 19.6 Å². The first kappa shape index (κ1) is 37.9. The summed E-state index contributed by atoms with van der Waals surface area (Å²) in [4.78, 5) is 4.92. The van der Waals surface area contributed by atoms with E-state index < -0.39 is 5.41 Å². The summed E-state index contributed by atoms with van der Waals surface area (Å²) in [6, 6.07) is 84.7. The molecule has 0 amide bonds. The second-order valence-electron chi connectivity index (χ2n) is 17.9. The Morgan fingerprint density at radius 2 is 0.809 bits per heavy atom. The fraction of sp³-hybridized carbons (Fsp3) is 0.0159. The van der Waals surface area contributed by atoms with Crippen molar-refractivity contribution in [2.45, 2.75) is 5.41 Å². The number of hydrogen-bond acceptors (Lipinski definition) is 5. The van der Waals surface area contributed by atoms with Gasteiger partial charge < -0.3 is 14.2 Å². The first-order valence-corrected chi connectivity index (χ1v) is 24.8. The van der Waals surface area contributed by atoms with Crippen LogP contribution in [-0.4, -0.2) is 0 Å². The van der Waals surface area contributed by atoms with E-state index in [1.807, 2.05) is 22.7 Å². The third-order valence-corrected chi connectivity index (χ3v) is 16.9. The predicted octanol–water partition coefficient (Wildman–Crippen LogP) is 18.5. The highest BCUT2D eigenvalue weighted by atomic mass is 32.1. The zero-order valence-electron chi connectivity index (χ0n) is 36.6. The zero-order chi connectivity index (χ0) is 44.5. The molecule has 318 valence electrons. The number of nitrogens with zero attached hydrogens (tertiary/aromatic N) is 2. The van der Waals surface area contributed by atoms with E-state index in [1.165, 1.54) is 79.3 Å². The third kappa shape index (κ3) is 5.17. The highest BCUT2D eigenvalue weighted by Gasteiger charge is 2.55. The molecular weight excluding hydrogens is 865 g/mol. The normalized spacial score (nSPS) is 14.5. The Morgan fingerprint density at radius 3 is 1.43 bits per heavy atom. The Labute approximate surface area is 400 Å². The Morgan fingerprint density at radius 1 is 0.338 bits per heavy atom. The van der Waals surface area contributed by atoms with E-state index in [0.29, 0.717) is 0 Å². The van der Waals surface area contributed by atoms with Gasteiger partial charge in [-0.15, -0.1) is 22.7 Å². The highest BCUT2D eigenvalue weighted by molar-refractivity contribution is 7.26. The molecule has 15 rings (SSSR count). The second kappa shape index (κ2) is 14.4. The van der Waals surface area contributed by atoms with Crippen LogP contribution in [0.5, 0.6) is 0 Å². The maximum atomic E-state index is 7.34. The van der Waals surface area contributed by atoms with Crippen LogP contribution in [0.3, 0.4) is 0 Å². The Kier molecular flexibility index (Phi) is 8.03. The molecule has 68 heavy (non-hydrogen) atoms. The lowest BCUT2D eigenvalue weighted by atomic mass is 9.73. The van der Waals surface area contributed by atoms with Crippen molar-refractivity contribution >= 4 is 108 Å². The molecule has 13 aromatic rings. The SMILES string of the molecule is c1ccc(N(c2ccc3c(c2)C2(c4ccccc4-3)c3cc(N(c4ccccc4)c4cccc5c4sc4ccccc45)ccc3-c3c2oc2ccccc32)c2cccc3c2sc2ccccc23)cc1. The summed E-state index contributed by atoms with van der Waals surface area (Å²) in [6.45, 7) is 0. The number of anilines is 6. The minimum absolute atomic E-state index is 0.764. The molecule has 1 unspecified atom stereocenters. The molecule has 0 saturated heterocycles. The standard InChI is InChI=1S/C63H38N2OS2/c1-3-17-39(18-4-1)64(54-28-15-25-47-45-22-9-13-31-57(45)67-60(47)54)41-33-35-44-43-21-7-11-27-51(43)63(52(44)37-41)53-38-42(34-36-49(53)59-50-24-8-12-30-56(50)66-62(59)63)65(40-19-5-2-6-20-40)55-29-16-26-48-46-23-10-14-32-58(46)68-61(48)55/h1-38H. The summed E-state index contributed by atoms with van der Waals surface area (Å²) in [7, 11) is 0. The van der Waals surface area contributed by atoms with Crippen LogP contribution in [0.15, 0.2) is 235 Å². The van der Waals surface area contributed by atoms with E-state index in [0.717, 1.165) is 50.9 Å². The van der Waals surface area contributed by atoms with Crippen molar-refractivity contribution < 1.29 is 4.42 Å². The van der Waals surface area contributed by atoms with Crippen LogP contribution in [-0.2, 0) is 5.41 Å². The molecule has 1 atom stereocenters. The molecule has 10 aromatic carbocycles. The van der Waals surface area contributed by atoms with Crippen molar-refractivity contribution in [1.29, 1.82) is 0 Å². The van der Waals surface area contributed by atoms with Gasteiger partial charge >= 0.3 is 0 Å². The van der Waals surface area contributed by atoms with E-state index in [2.05, 4.69) is 240 Å². The smallest absolute Gasteiger partial charge is 0.135 e. The Bertz CT molecular complexity index is 4180. The second-order valence-corrected chi connectivity index (χ2v) is 20.0. The molecule has 3 heterocycles. The van der Waals surface area contributed by atoms with Crippen LogP contribution in [0, 0.1) is 0 Å². The molecule has 3 aromatic heterocycles. The van der Waals surface area contributed by atoms with Gasteiger partial charge in [0.05, 0.1) is 20.8 Å². The molecule has 3 nitrogen and oxygen atoms in total. The van der Waals surface area contributed by atoms with Crippen LogP contribution < -0.4 is 9.80 Å². The quantitative estimate of drug-likeness (QED) is 0.166. The van der Waals surface area contributed by atoms with E-state index in [4.69, 9.17) is 4.42 Å². The summed E-state index contributed by atoms with van der Waals surface area (Å²) in [6.07, 6.45) is 0. The van der Waals surface area contributed by atoms with E-state index in [-0.39, 0.29) is 0 Å². The number of benzene rings is 10. The van der Waals surface area contributed by atoms with Gasteiger partial charge in [0.25, 0.3) is 0 Å². The van der Waals surface area contributed by atoms with Crippen LogP contribution in [0.25, 0.3) is 73.6 Å². The molecule has 0 radical (unpaired) electrons. The molecule has 0 fully saturated rings. The lowest BCUT2D eigenvalue weighted by Gasteiger charge is -2.32. The zero-order valence-corrected chi connectivity index (χ0v) is 38.2. The van der Waals surface area contributed by atoms with Crippen molar-refractivity contribution in [3.63, 3.8) is 0 Å². The van der Waals surface area contributed by atoms with Gasteiger partial charge in [0, 0.05) is 64.6 Å². The highest BCUT2D eigenvalue weighted by Crippen LogP contribution is 2.66. The maximum absolute atomic E-state index is 7.34. The minimum atomic E-state index is -0.764. The van der Waals surface area contributed by atoms with Gasteiger partial charge in [-0.2, -0.15) is 0 Å². The van der Waals surface area contributed by atoms with E-state index in [1.54, 1.807) is 0 Å². The Balaban J connectivity index is 1.02. The molecule has 2 aliphatic rings. The van der Waals surface area contributed by atoms with Crippen molar-refractivity contribution in [2.24, 2.45) is 0 Å². The molecular formula is C63H38N2OS2.